The molecule has 0 aliphatic carbocycles. The lowest BCUT2D eigenvalue weighted by atomic mass is 9.87. The van der Waals surface area contributed by atoms with E-state index in [0.717, 1.165) is 0 Å². The molecule has 1 aromatic rings. The molecule has 0 aliphatic rings. The lowest BCUT2D eigenvalue weighted by molar-refractivity contribution is -0.126. The molecule has 0 heterocycles. The number of nitrogens with zero attached hydrogens (tertiary/aromatic N) is 1. The first-order chi connectivity index (χ1) is 8.34. The molecular weight excluding hydrogens is 233 g/mol. The minimum Gasteiger partial charge on any atom is -0.320 e. The van der Waals surface area contributed by atoms with Crippen molar-refractivity contribution in [1.29, 1.82) is 5.26 Å². The van der Waals surface area contributed by atoms with Gasteiger partial charge in [-0.25, -0.2) is 9.82 Å². The van der Waals surface area contributed by atoms with Crippen LogP contribution < -0.4 is 10.9 Å². The maximum atomic E-state index is 12.7. The van der Waals surface area contributed by atoms with Crippen LogP contribution in [0.2, 0.25) is 0 Å². The third kappa shape index (κ3) is 3.82. The molecule has 4 nitrogen and oxygen atoms in total. The van der Waals surface area contributed by atoms with Crippen molar-refractivity contribution < 1.29 is 9.18 Å². The Balaban J connectivity index is 2.64. The molecule has 1 atom stereocenters. The maximum absolute atomic E-state index is 12.7. The van der Waals surface area contributed by atoms with Crippen molar-refractivity contribution in [2.75, 3.05) is 5.43 Å². The van der Waals surface area contributed by atoms with E-state index in [1.54, 1.807) is 20.8 Å². The Morgan fingerprint density at radius 1 is 1.33 bits per heavy atom. The molecule has 1 rings (SSSR count). The highest BCUT2D eigenvalue weighted by molar-refractivity contribution is 5.91. The number of rotatable bonds is 4. The summed E-state index contributed by atoms with van der Waals surface area (Å²) in [7, 11) is 0. The number of benzene rings is 1. The first-order valence-electron chi connectivity index (χ1n) is 5.55. The van der Waals surface area contributed by atoms with Gasteiger partial charge in [-0.2, -0.15) is 5.26 Å². The molecule has 0 spiro atoms. The van der Waals surface area contributed by atoms with Crippen molar-refractivity contribution in [3.63, 3.8) is 0 Å². The molecule has 0 aliphatic heterocycles. The number of halogens is 1. The van der Waals surface area contributed by atoms with E-state index < -0.39 is 11.5 Å². The average Bonchev–Trinajstić information content (AvgIpc) is 2.31. The summed E-state index contributed by atoms with van der Waals surface area (Å²) in [6, 6.07) is 6.55. The van der Waals surface area contributed by atoms with E-state index in [-0.39, 0.29) is 11.6 Å². The van der Waals surface area contributed by atoms with Crippen LogP contribution in [0.5, 0.6) is 0 Å². The Labute approximate surface area is 106 Å². The van der Waals surface area contributed by atoms with Crippen LogP contribution in [0.15, 0.2) is 24.3 Å². The molecule has 1 aromatic carbocycles. The lowest BCUT2D eigenvalue weighted by Gasteiger charge is -2.21. The molecule has 0 bridgehead atoms. The third-order valence-electron chi connectivity index (χ3n) is 2.34. The van der Waals surface area contributed by atoms with E-state index >= 15 is 0 Å². The number of Topliss-reactive ketones (excluding diaryl/α,β-unsaturated/α-hetero) is 1. The van der Waals surface area contributed by atoms with E-state index in [1.807, 2.05) is 6.07 Å². The second kappa shape index (κ2) is 5.61. The van der Waals surface area contributed by atoms with Gasteiger partial charge in [-0.3, -0.25) is 4.79 Å². The summed E-state index contributed by atoms with van der Waals surface area (Å²) in [4.78, 5) is 11.9. The zero-order valence-corrected chi connectivity index (χ0v) is 10.6. The Hall–Kier alpha value is -1.93. The van der Waals surface area contributed by atoms with Crippen molar-refractivity contribution in [3.8, 4) is 6.07 Å². The van der Waals surface area contributed by atoms with Crippen molar-refractivity contribution in [2.24, 2.45) is 5.41 Å². The summed E-state index contributed by atoms with van der Waals surface area (Å²) in [6.07, 6.45) is 0. The minimum atomic E-state index is -0.949. The summed E-state index contributed by atoms with van der Waals surface area (Å²) in [5, 5.41) is 8.95. The largest absolute Gasteiger partial charge is 0.320 e. The van der Waals surface area contributed by atoms with Gasteiger partial charge < -0.3 is 5.43 Å². The molecule has 0 saturated heterocycles. The van der Waals surface area contributed by atoms with Crippen LogP contribution in [-0.2, 0) is 4.79 Å². The summed E-state index contributed by atoms with van der Waals surface area (Å²) >= 11 is 0. The molecule has 0 fully saturated rings. The average molecular weight is 249 g/mol. The van der Waals surface area contributed by atoms with E-state index in [9.17, 15) is 9.18 Å². The van der Waals surface area contributed by atoms with Crippen molar-refractivity contribution in [2.45, 2.75) is 26.8 Å². The zero-order chi connectivity index (χ0) is 13.8. The SMILES string of the molecule is CC(C)(C)C(=O)C(C#N)NNc1ccc(F)cc1. The second-order valence-electron chi connectivity index (χ2n) is 4.95. The van der Waals surface area contributed by atoms with Gasteiger partial charge in [0.1, 0.15) is 5.82 Å². The monoisotopic (exact) mass is 249 g/mol. The first-order valence-corrected chi connectivity index (χ1v) is 5.55. The summed E-state index contributed by atoms with van der Waals surface area (Å²) < 4.78 is 12.7. The number of nitriles is 1. The Morgan fingerprint density at radius 2 is 1.89 bits per heavy atom. The zero-order valence-electron chi connectivity index (χ0n) is 10.6. The number of anilines is 1. The first kappa shape index (κ1) is 14.1. The van der Waals surface area contributed by atoms with Gasteiger partial charge >= 0.3 is 0 Å². The molecule has 2 N–H and O–H groups in total. The number of carbonyl (C=O) groups is 1. The maximum Gasteiger partial charge on any atom is 0.171 e. The lowest BCUT2D eigenvalue weighted by Crippen LogP contribution is -2.44. The van der Waals surface area contributed by atoms with Crippen LogP contribution in [0, 0.1) is 22.6 Å². The van der Waals surface area contributed by atoms with E-state index in [4.69, 9.17) is 5.26 Å². The van der Waals surface area contributed by atoms with E-state index in [0.29, 0.717) is 5.69 Å². The number of hydrazine groups is 1. The van der Waals surface area contributed by atoms with Crippen LogP contribution in [0.3, 0.4) is 0 Å². The van der Waals surface area contributed by atoms with Gasteiger partial charge in [-0.15, -0.1) is 0 Å². The molecule has 18 heavy (non-hydrogen) atoms. The van der Waals surface area contributed by atoms with Gasteiger partial charge in [0, 0.05) is 11.1 Å². The molecule has 0 saturated carbocycles. The molecule has 0 radical (unpaired) electrons. The second-order valence-corrected chi connectivity index (χ2v) is 4.95. The van der Waals surface area contributed by atoms with Gasteiger partial charge in [0.15, 0.2) is 11.8 Å². The van der Waals surface area contributed by atoms with Gasteiger partial charge in [0.05, 0.1) is 6.07 Å². The Bertz CT molecular complexity index is 457. The Morgan fingerprint density at radius 3 is 2.33 bits per heavy atom. The third-order valence-corrected chi connectivity index (χ3v) is 2.34. The van der Waals surface area contributed by atoms with Crippen molar-refractivity contribution >= 4 is 11.5 Å². The molecule has 96 valence electrons. The highest BCUT2D eigenvalue weighted by Gasteiger charge is 2.29. The van der Waals surface area contributed by atoms with Crippen LogP contribution >= 0.6 is 0 Å². The van der Waals surface area contributed by atoms with Crippen molar-refractivity contribution in [1.82, 2.24) is 5.43 Å². The number of nitrogens with one attached hydrogen (secondary N) is 2. The molecule has 0 amide bonds. The quantitative estimate of drug-likeness (QED) is 0.803. The standard InChI is InChI=1S/C13H16FN3O/c1-13(2,3)12(18)11(8-15)17-16-10-6-4-9(14)5-7-10/h4-7,11,16-17H,1-3H3. The summed E-state index contributed by atoms with van der Waals surface area (Å²) in [6.45, 7) is 5.25. The fourth-order valence-electron chi connectivity index (χ4n) is 1.28. The fraction of sp³-hybridized carbons (Fsp3) is 0.385. The number of hydrogen-bond donors (Lipinski definition) is 2. The fourth-order valence-corrected chi connectivity index (χ4v) is 1.28. The summed E-state index contributed by atoms with van der Waals surface area (Å²) in [5.41, 5.74) is 5.33. The molecular formula is C13H16FN3O. The normalized spacial score (nSPS) is 12.6. The molecule has 5 heteroatoms. The molecule has 0 aromatic heterocycles. The molecule has 1 unspecified atom stereocenters. The van der Waals surface area contributed by atoms with Crippen LogP contribution in [0.1, 0.15) is 20.8 Å². The topological polar surface area (TPSA) is 64.9 Å². The minimum absolute atomic E-state index is 0.209. The van der Waals surface area contributed by atoms with E-state index in [2.05, 4.69) is 10.9 Å². The number of carbonyl (C=O) groups excluding carboxylic acids is 1. The highest BCUT2D eigenvalue weighted by Crippen LogP contribution is 2.16. The highest BCUT2D eigenvalue weighted by atomic mass is 19.1. The van der Waals surface area contributed by atoms with Crippen molar-refractivity contribution in [3.05, 3.63) is 30.1 Å². The van der Waals surface area contributed by atoms with Gasteiger partial charge in [-0.05, 0) is 24.3 Å². The van der Waals surface area contributed by atoms with Gasteiger partial charge in [-0.1, -0.05) is 20.8 Å². The van der Waals surface area contributed by atoms with Crippen LogP contribution in [0.4, 0.5) is 10.1 Å². The van der Waals surface area contributed by atoms with Gasteiger partial charge in [0.2, 0.25) is 0 Å². The smallest absolute Gasteiger partial charge is 0.171 e. The predicted octanol–water partition coefficient (Wildman–Crippen LogP) is 2.25. The van der Waals surface area contributed by atoms with Crippen LogP contribution in [0.25, 0.3) is 0 Å². The number of hydrogen-bond acceptors (Lipinski definition) is 4. The number of ketones is 1. The van der Waals surface area contributed by atoms with E-state index in [1.165, 1.54) is 24.3 Å². The van der Waals surface area contributed by atoms with Gasteiger partial charge in [0.25, 0.3) is 0 Å². The predicted molar refractivity (Wildman–Crippen MR) is 67.0 cm³/mol. The van der Waals surface area contributed by atoms with Crippen LogP contribution in [-0.4, -0.2) is 11.8 Å². The summed E-state index contributed by atoms with van der Waals surface area (Å²) in [5.74, 6) is -0.553. The Kier molecular flexibility index (Phi) is 4.40.